The fourth-order valence-corrected chi connectivity index (χ4v) is 4.37. The van der Waals surface area contributed by atoms with Crippen LogP contribution in [0.4, 0.5) is 5.69 Å². The fraction of sp³-hybridized carbons (Fsp3) is 0.316. The van der Waals surface area contributed by atoms with E-state index in [0.717, 1.165) is 11.1 Å². The van der Waals surface area contributed by atoms with Crippen LogP contribution < -0.4 is 14.8 Å². The average molecular weight is 376 g/mol. The van der Waals surface area contributed by atoms with Crippen molar-refractivity contribution in [3.63, 3.8) is 0 Å². The Balaban J connectivity index is 2.13. The molecular weight excluding hydrogens is 352 g/mol. The molecule has 0 saturated heterocycles. The van der Waals surface area contributed by atoms with Crippen molar-refractivity contribution >= 4 is 21.6 Å². The minimum Gasteiger partial charge on any atom is -0.495 e. The highest BCUT2D eigenvalue weighted by atomic mass is 32.2. The Kier molecular flexibility index (Phi) is 6.05. The van der Waals surface area contributed by atoms with Gasteiger partial charge in [-0.1, -0.05) is 23.8 Å². The summed E-state index contributed by atoms with van der Waals surface area (Å²) in [7, 11) is -2.29. The highest BCUT2D eigenvalue weighted by Crippen LogP contribution is 2.25. The first kappa shape index (κ1) is 19.9. The Bertz CT molecular complexity index is 914. The summed E-state index contributed by atoms with van der Waals surface area (Å²) in [5.74, 6) is 0.0388. The molecule has 0 saturated carbocycles. The number of methoxy groups -OCH3 is 1. The number of sulfonamides is 1. The first-order chi connectivity index (χ1) is 12.1. The predicted molar refractivity (Wildman–Crippen MR) is 102 cm³/mol. The third-order valence-electron chi connectivity index (χ3n) is 3.93. The van der Waals surface area contributed by atoms with Gasteiger partial charge in [0, 0.05) is 0 Å². The molecule has 0 fully saturated rings. The number of benzene rings is 2. The summed E-state index contributed by atoms with van der Waals surface area (Å²) in [5, 5.41) is 2.67. The number of hydrogen-bond acceptors (Lipinski definition) is 4. The van der Waals surface area contributed by atoms with Gasteiger partial charge in [-0.3, -0.25) is 4.79 Å². The number of ether oxygens (including phenoxy) is 1. The first-order valence-corrected chi connectivity index (χ1v) is 9.64. The molecule has 2 aromatic rings. The van der Waals surface area contributed by atoms with E-state index in [1.165, 1.54) is 7.11 Å². The quantitative estimate of drug-likeness (QED) is 0.812. The lowest BCUT2D eigenvalue weighted by atomic mass is 10.1. The van der Waals surface area contributed by atoms with Crippen LogP contribution in [0.1, 0.15) is 22.3 Å². The second kappa shape index (κ2) is 7.88. The molecule has 0 aromatic heterocycles. The molecule has 0 aliphatic heterocycles. The van der Waals surface area contributed by atoms with E-state index in [4.69, 9.17) is 4.74 Å². The number of rotatable bonds is 6. The van der Waals surface area contributed by atoms with E-state index < -0.39 is 15.9 Å². The van der Waals surface area contributed by atoms with Crippen molar-refractivity contribution in [2.75, 3.05) is 19.0 Å². The molecule has 6 nitrogen and oxygen atoms in total. The van der Waals surface area contributed by atoms with Crippen molar-refractivity contribution < 1.29 is 17.9 Å². The van der Waals surface area contributed by atoms with E-state index >= 15 is 0 Å². The lowest BCUT2D eigenvalue weighted by Crippen LogP contribution is -2.33. The first-order valence-electron chi connectivity index (χ1n) is 8.16. The van der Waals surface area contributed by atoms with Crippen molar-refractivity contribution in [2.24, 2.45) is 0 Å². The molecule has 2 aromatic carbocycles. The van der Waals surface area contributed by atoms with Gasteiger partial charge in [-0.05, 0) is 56.5 Å². The fourth-order valence-electron chi connectivity index (χ4n) is 2.94. The minimum absolute atomic E-state index is 0.212. The van der Waals surface area contributed by atoms with Crippen LogP contribution in [0.15, 0.2) is 35.2 Å². The molecule has 0 spiro atoms. The molecule has 0 bridgehead atoms. The maximum absolute atomic E-state index is 12.6. The van der Waals surface area contributed by atoms with Crippen molar-refractivity contribution in [3.8, 4) is 5.75 Å². The van der Waals surface area contributed by atoms with Crippen molar-refractivity contribution in [1.29, 1.82) is 0 Å². The SMILES string of the molecule is COc1ccc(C)cc1NC(=O)CNS(=O)(=O)c1c(C)cc(C)cc1C. The van der Waals surface area contributed by atoms with Crippen LogP contribution in [0.25, 0.3) is 0 Å². The lowest BCUT2D eigenvalue weighted by molar-refractivity contribution is -0.115. The Morgan fingerprint density at radius 2 is 1.62 bits per heavy atom. The van der Waals surface area contributed by atoms with Crippen LogP contribution in [0.2, 0.25) is 0 Å². The van der Waals surface area contributed by atoms with Gasteiger partial charge in [-0.15, -0.1) is 0 Å². The van der Waals surface area contributed by atoms with Gasteiger partial charge in [0.05, 0.1) is 24.2 Å². The highest BCUT2D eigenvalue weighted by Gasteiger charge is 2.21. The highest BCUT2D eigenvalue weighted by molar-refractivity contribution is 7.89. The summed E-state index contributed by atoms with van der Waals surface area (Å²) in [6.07, 6.45) is 0. The van der Waals surface area contributed by atoms with Gasteiger partial charge in [0.25, 0.3) is 0 Å². The lowest BCUT2D eigenvalue weighted by Gasteiger charge is -2.14. The molecule has 0 radical (unpaired) electrons. The monoisotopic (exact) mass is 376 g/mol. The molecular formula is C19H24N2O4S. The molecule has 0 aliphatic carbocycles. The van der Waals surface area contributed by atoms with Crippen LogP contribution in [-0.2, 0) is 14.8 Å². The number of hydrogen-bond donors (Lipinski definition) is 2. The molecule has 26 heavy (non-hydrogen) atoms. The number of nitrogens with one attached hydrogen (secondary N) is 2. The molecule has 0 aliphatic rings. The van der Waals surface area contributed by atoms with Gasteiger partial charge < -0.3 is 10.1 Å². The van der Waals surface area contributed by atoms with Crippen molar-refractivity contribution in [3.05, 3.63) is 52.6 Å². The summed E-state index contributed by atoms with van der Waals surface area (Å²) < 4.78 is 32.8. The normalized spacial score (nSPS) is 11.3. The van der Waals surface area contributed by atoms with Crippen molar-refractivity contribution in [1.82, 2.24) is 4.72 Å². The number of anilines is 1. The van der Waals surface area contributed by atoms with E-state index in [1.54, 1.807) is 38.1 Å². The Hall–Kier alpha value is -2.38. The van der Waals surface area contributed by atoms with Crippen LogP contribution in [0.5, 0.6) is 5.75 Å². The third-order valence-corrected chi connectivity index (χ3v) is 5.63. The maximum atomic E-state index is 12.6. The molecule has 0 unspecified atom stereocenters. The number of carbonyl (C=O) groups excluding carboxylic acids is 1. The molecule has 0 atom stereocenters. The second-order valence-electron chi connectivity index (χ2n) is 6.30. The van der Waals surface area contributed by atoms with Crippen molar-refractivity contribution in [2.45, 2.75) is 32.6 Å². The maximum Gasteiger partial charge on any atom is 0.241 e. The summed E-state index contributed by atoms with van der Waals surface area (Å²) in [5.41, 5.74) is 3.74. The Labute approximate surface area is 154 Å². The Morgan fingerprint density at radius 3 is 2.19 bits per heavy atom. The number of carbonyl (C=O) groups is 1. The summed E-state index contributed by atoms with van der Waals surface area (Å²) in [6.45, 7) is 6.91. The average Bonchev–Trinajstić information content (AvgIpc) is 2.52. The zero-order chi connectivity index (χ0) is 19.5. The zero-order valence-electron chi connectivity index (χ0n) is 15.6. The molecule has 140 valence electrons. The summed E-state index contributed by atoms with van der Waals surface area (Å²) in [6, 6.07) is 8.98. The van der Waals surface area contributed by atoms with E-state index in [2.05, 4.69) is 10.0 Å². The van der Waals surface area contributed by atoms with Gasteiger partial charge in [0.2, 0.25) is 15.9 Å². The van der Waals surface area contributed by atoms with Crippen LogP contribution in [0, 0.1) is 27.7 Å². The Morgan fingerprint density at radius 1 is 1.00 bits per heavy atom. The molecule has 2 N–H and O–H groups in total. The van der Waals surface area contributed by atoms with E-state index in [9.17, 15) is 13.2 Å². The third kappa shape index (κ3) is 4.62. The molecule has 1 amide bonds. The van der Waals surface area contributed by atoms with Crippen LogP contribution in [-0.4, -0.2) is 28.0 Å². The van der Waals surface area contributed by atoms with E-state index in [-0.39, 0.29) is 11.4 Å². The molecule has 7 heteroatoms. The van der Waals surface area contributed by atoms with Crippen LogP contribution in [0.3, 0.4) is 0 Å². The smallest absolute Gasteiger partial charge is 0.241 e. The number of amides is 1. The predicted octanol–water partition coefficient (Wildman–Crippen LogP) is 2.85. The summed E-state index contributed by atoms with van der Waals surface area (Å²) >= 11 is 0. The zero-order valence-corrected chi connectivity index (χ0v) is 16.5. The number of aryl methyl sites for hydroxylation is 4. The standard InChI is InChI=1S/C19H24N2O4S/c1-12-6-7-17(25-5)16(10-12)21-18(22)11-20-26(23,24)19-14(3)8-13(2)9-15(19)4/h6-10,20H,11H2,1-5H3,(H,21,22). The van der Waals surface area contributed by atoms with Crippen LogP contribution >= 0.6 is 0 Å². The van der Waals surface area contributed by atoms with Gasteiger partial charge in [-0.2, -0.15) is 0 Å². The summed E-state index contributed by atoms with van der Waals surface area (Å²) in [4.78, 5) is 12.4. The molecule has 2 rings (SSSR count). The van der Waals surface area contributed by atoms with Gasteiger partial charge in [0.15, 0.2) is 0 Å². The topological polar surface area (TPSA) is 84.5 Å². The van der Waals surface area contributed by atoms with Gasteiger partial charge in [0.1, 0.15) is 5.75 Å². The molecule has 0 heterocycles. The second-order valence-corrected chi connectivity index (χ2v) is 8.01. The van der Waals surface area contributed by atoms with E-state index in [1.807, 2.05) is 19.9 Å². The largest absolute Gasteiger partial charge is 0.495 e. The van der Waals surface area contributed by atoms with Gasteiger partial charge in [-0.25, -0.2) is 13.1 Å². The van der Waals surface area contributed by atoms with E-state index in [0.29, 0.717) is 22.6 Å². The van der Waals surface area contributed by atoms with Gasteiger partial charge >= 0.3 is 0 Å². The minimum atomic E-state index is -3.79.